The van der Waals surface area contributed by atoms with Crippen LogP contribution in [0.25, 0.3) is 16.9 Å². The molecule has 2 heterocycles. The van der Waals surface area contributed by atoms with Crippen molar-refractivity contribution in [1.82, 2.24) is 4.57 Å². The molecule has 2 aromatic heterocycles. The molecular weight excluding hydrogens is 471 g/mol. The molecule has 0 saturated heterocycles. The fourth-order valence-corrected chi connectivity index (χ4v) is 4.47. The van der Waals surface area contributed by atoms with Crippen molar-refractivity contribution >= 4 is 5.65 Å². The van der Waals surface area contributed by atoms with E-state index in [9.17, 15) is 14.3 Å². The number of phenols is 1. The number of hydrogen-bond acceptors (Lipinski definition) is 4. The number of rotatable bonds is 7. The molecule has 0 aliphatic carbocycles. The monoisotopic (exact) mass is 497 g/mol. The van der Waals surface area contributed by atoms with Crippen molar-refractivity contribution in [2.45, 2.75) is 20.1 Å². The Labute approximate surface area is 213 Å². The second-order valence-corrected chi connectivity index (χ2v) is 8.68. The van der Waals surface area contributed by atoms with Crippen LogP contribution in [0.4, 0.5) is 4.39 Å². The topological polar surface area (TPSA) is 64.8 Å². The van der Waals surface area contributed by atoms with Crippen LogP contribution in [0.1, 0.15) is 16.7 Å². The van der Waals surface area contributed by atoms with Crippen LogP contribution in [-0.2, 0) is 13.2 Å². The van der Waals surface area contributed by atoms with Crippen LogP contribution in [0.5, 0.6) is 17.2 Å². The predicted octanol–water partition coefficient (Wildman–Crippen LogP) is 5.04. The largest absolute Gasteiger partial charge is 0.507 e. The summed E-state index contributed by atoms with van der Waals surface area (Å²) in [6, 6.07) is 24.5. The van der Waals surface area contributed by atoms with Crippen molar-refractivity contribution in [1.29, 1.82) is 0 Å². The maximum atomic E-state index is 14.0. The van der Waals surface area contributed by atoms with E-state index < -0.39 is 0 Å². The standard InChI is InChI=1S/C30H25FN2O4/c1-20-29(23-10-4-6-12-25(23)34)32-16-8-7-13-28(32)33(30(20)35)18-21-14-15-26(27(17-21)36-2)37-19-22-9-3-5-11-24(22)31/h3-17H,18-19H2,1-2H3/p+1. The van der Waals surface area contributed by atoms with E-state index in [1.807, 2.05) is 47.0 Å². The summed E-state index contributed by atoms with van der Waals surface area (Å²) in [5.74, 6) is 0.745. The van der Waals surface area contributed by atoms with Crippen molar-refractivity contribution in [3.8, 4) is 28.5 Å². The number of hydrogen-bond donors (Lipinski definition) is 1. The van der Waals surface area contributed by atoms with Gasteiger partial charge >= 0.3 is 5.56 Å². The minimum atomic E-state index is -0.329. The molecule has 0 spiro atoms. The number of fused-ring (bicyclic) bond motifs is 1. The number of methoxy groups -OCH3 is 1. The van der Waals surface area contributed by atoms with Gasteiger partial charge in [-0.1, -0.05) is 42.5 Å². The van der Waals surface area contributed by atoms with Crippen molar-refractivity contribution in [3.63, 3.8) is 0 Å². The predicted molar refractivity (Wildman–Crippen MR) is 139 cm³/mol. The zero-order valence-corrected chi connectivity index (χ0v) is 20.5. The first-order valence-corrected chi connectivity index (χ1v) is 11.8. The molecule has 0 saturated carbocycles. The van der Waals surface area contributed by atoms with Gasteiger partial charge in [-0.3, -0.25) is 0 Å². The highest BCUT2D eigenvalue weighted by atomic mass is 19.1. The van der Waals surface area contributed by atoms with E-state index in [0.717, 1.165) is 5.56 Å². The maximum absolute atomic E-state index is 14.0. The molecule has 0 amide bonds. The summed E-state index contributed by atoms with van der Waals surface area (Å²) in [7, 11) is 1.54. The van der Waals surface area contributed by atoms with Gasteiger partial charge in [0.2, 0.25) is 0 Å². The Morgan fingerprint density at radius 2 is 1.70 bits per heavy atom. The first-order chi connectivity index (χ1) is 18.0. The Bertz CT molecular complexity index is 1660. The molecule has 6 nitrogen and oxygen atoms in total. The average molecular weight is 498 g/mol. The van der Waals surface area contributed by atoms with E-state index in [1.165, 1.54) is 13.2 Å². The Morgan fingerprint density at radius 3 is 2.49 bits per heavy atom. The quantitative estimate of drug-likeness (QED) is 0.320. The summed E-state index contributed by atoms with van der Waals surface area (Å²) in [5.41, 5.74) is 3.54. The van der Waals surface area contributed by atoms with Crippen LogP contribution in [-0.4, -0.2) is 16.8 Å². The molecule has 0 aliphatic heterocycles. The number of aromatic hydroxyl groups is 1. The van der Waals surface area contributed by atoms with Crippen LogP contribution < -0.4 is 19.4 Å². The molecule has 1 N–H and O–H groups in total. The lowest BCUT2D eigenvalue weighted by Gasteiger charge is -2.14. The molecule has 5 aromatic rings. The van der Waals surface area contributed by atoms with Gasteiger partial charge in [0.05, 0.1) is 24.4 Å². The third-order valence-electron chi connectivity index (χ3n) is 6.35. The Kier molecular flexibility index (Phi) is 6.60. The van der Waals surface area contributed by atoms with E-state index in [1.54, 1.807) is 54.0 Å². The van der Waals surface area contributed by atoms with Crippen LogP contribution in [0, 0.1) is 12.7 Å². The molecule has 37 heavy (non-hydrogen) atoms. The molecule has 186 valence electrons. The van der Waals surface area contributed by atoms with E-state index in [2.05, 4.69) is 0 Å². The fourth-order valence-electron chi connectivity index (χ4n) is 4.47. The zero-order valence-electron chi connectivity index (χ0n) is 20.5. The van der Waals surface area contributed by atoms with Gasteiger partial charge in [-0.05, 0) is 48.9 Å². The van der Waals surface area contributed by atoms with Gasteiger partial charge in [-0.25, -0.2) is 9.18 Å². The number of pyridine rings is 1. The van der Waals surface area contributed by atoms with Gasteiger partial charge in [0.25, 0.3) is 5.65 Å². The Morgan fingerprint density at radius 1 is 0.946 bits per heavy atom. The van der Waals surface area contributed by atoms with E-state index >= 15 is 0 Å². The molecule has 0 unspecified atom stereocenters. The lowest BCUT2D eigenvalue weighted by molar-refractivity contribution is -0.504. The van der Waals surface area contributed by atoms with Gasteiger partial charge in [0.1, 0.15) is 24.7 Å². The fraction of sp³-hybridized carbons (Fsp3) is 0.133. The second kappa shape index (κ2) is 10.1. The smallest absolute Gasteiger partial charge is 0.341 e. The van der Waals surface area contributed by atoms with Crippen molar-refractivity contribution in [2.24, 2.45) is 0 Å². The summed E-state index contributed by atoms with van der Waals surface area (Å²) in [6.45, 7) is 2.12. The van der Waals surface area contributed by atoms with Crippen LogP contribution in [0.2, 0.25) is 0 Å². The third-order valence-corrected chi connectivity index (χ3v) is 6.35. The number of halogens is 1. The van der Waals surface area contributed by atoms with Crippen LogP contribution >= 0.6 is 0 Å². The highest BCUT2D eigenvalue weighted by Gasteiger charge is 2.24. The second-order valence-electron chi connectivity index (χ2n) is 8.68. The molecule has 5 rings (SSSR count). The minimum absolute atomic E-state index is 0.0656. The molecule has 0 aliphatic rings. The number of aromatic nitrogens is 2. The number of phenolic OH excluding ortho intramolecular Hbond substituents is 1. The Balaban J connectivity index is 1.52. The lowest BCUT2D eigenvalue weighted by atomic mass is 10.1. The van der Waals surface area contributed by atoms with E-state index in [0.29, 0.717) is 39.5 Å². The van der Waals surface area contributed by atoms with E-state index in [4.69, 9.17) is 9.47 Å². The highest BCUT2D eigenvalue weighted by molar-refractivity contribution is 5.67. The summed E-state index contributed by atoms with van der Waals surface area (Å²) < 4.78 is 28.9. The van der Waals surface area contributed by atoms with Gasteiger partial charge in [0, 0.05) is 11.6 Å². The molecule has 7 heteroatoms. The molecule has 0 radical (unpaired) electrons. The van der Waals surface area contributed by atoms with Crippen LogP contribution in [0.3, 0.4) is 0 Å². The highest BCUT2D eigenvalue weighted by Crippen LogP contribution is 2.30. The average Bonchev–Trinajstić information content (AvgIpc) is 2.92. The molecule has 0 fully saturated rings. The number of para-hydroxylation sites is 1. The normalized spacial score (nSPS) is 11.0. The summed E-state index contributed by atoms with van der Waals surface area (Å²) >= 11 is 0. The first-order valence-electron chi connectivity index (χ1n) is 11.8. The summed E-state index contributed by atoms with van der Waals surface area (Å²) in [6.07, 6.45) is 1.88. The molecular formula is C30H26FN2O4+. The lowest BCUT2D eigenvalue weighted by Crippen LogP contribution is -2.38. The van der Waals surface area contributed by atoms with Crippen molar-refractivity contribution in [3.05, 3.63) is 124 Å². The zero-order chi connectivity index (χ0) is 25.9. The third kappa shape index (κ3) is 4.63. The number of benzene rings is 3. The SMILES string of the molecule is COc1cc(Cn2c(=O)c(C)c(-c3ccccc3O)[n+]3ccccc23)ccc1OCc1ccccc1F. The van der Waals surface area contributed by atoms with E-state index in [-0.39, 0.29) is 30.3 Å². The van der Waals surface area contributed by atoms with Gasteiger partial charge in [0.15, 0.2) is 17.2 Å². The number of ether oxygens (including phenoxy) is 2. The van der Waals surface area contributed by atoms with Gasteiger partial charge < -0.3 is 14.6 Å². The Hall–Kier alpha value is -4.65. The number of nitrogens with zero attached hydrogens (tertiary/aromatic N) is 2. The first kappa shape index (κ1) is 24.1. The van der Waals surface area contributed by atoms with Gasteiger partial charge in [-0.15, -0.1) is 0 Å². The maximum Gasteiger partial charge on any atom is 0.341 e. The minimum Gasteiger partial charge on any atom is -0.507 e. The molecule has 3 aromatic carbocycles. The van der Waals surface area contributed by atoms with Crippen molar-refractivity contribution < 1.29 is 23.4 Å². The summed E-state index contributed by atoms with van der Waals surface area (Å²) in [4.78, 5) is 13.6. The van der Waals surface area contributed by atoms with Gasteiger partial charge in [-0.2, -0.15) is 8.97 Å². The molecule has 0 bridgehead atoms. The summed E-state index contributed by atoms with van der Waals surface area (Å²) in [5, 5.41) is 10.5. The van der Waals surface area contributed by atoms with Crippen LogP contribution in [0.15, 0.2) is 95.9 Å². The molecule has 0 atom stereocenters. The van der Waals surface area contributed by atoms with Crippen molar-refractivity contribution in [2.75, 3.05) is 7.11 Å².